The van der Waals surface area contributed by atoms with E-state index in [0.717, 1.165) is 30.9 Å². The van der Waals surface area contributed by atoms with Crippen molar-refractivity contribution in [2.24, 2.45) is 4.99 Å². The molecule has 1 aromatic rings. The van der Waals surface area contributed by atoms with E-state index >= 15 is 0 Å². The Labute approximate surface area is 166 Å². The van der Waals surface area contributed by atoms with E-state index in [4.69, 9.17) is 9.47 Å². The number of aliphatic imine (C=N–C) groups is 1. The number of ether oxygens (including phenoxy) is 2. The van der Waals surface area contributed by atoms with Gasteiger partial charge in [-0.25, -0.2) is 8.42 Å². The van der Waals surface area contributed by atoms with Gasteiger partial charge in [0, 0.05) is 25.0 Å². The van der Waals surface area contributed by atoms with E-state index in [-0.39, 0.29) is 23.0 Å². The van der Waals surface area contributed by atoms with Gasteiger partial charge in [0.25, 0.3) is 0 Å². The first-order valence-corrected chi connectivity index (χ1v) is 11.9. The highest BCUT2D eigenvalue weighted by Crippen LogP contribution is 2.43. The molecule has 154 valence electrons. The van der Waals surface area contributed by atoms with Crippen LogP contribution in [0.15, 0.2) is 23.2 Å². The monoisotopic (exact) mass is 407 g/mol. The fraction of sp³-hybridized carbons (Fsp3) is 0.650. The van der Waals surface area contributed by atoms with Crippen LogP contribution in [0.5, 0.6) is 11.5 Å². The average Bonchev–Trinajstić information content (AvgIpc) is 3.31. The molecule has 0 amide bonds. The zero-order valence-corrected chi connectivity index (χ0v) is 17.2. The van der Waals surface area contributed by atoms with E-state index in [1.165, 1.54) is 18.4 Å². The van der Waals surface area contributed by atoms with Gasteiger partial charge in [0.2, 0.25) is 0 Å². The minimum Gasteiger partial charge on any atom is -0.486 e. The molecule has 1 saturated carbocycles. The lowest BCUT2D eigenvalue weighted by atomic mass is 9.78. The molecule has 0 spiro atoms. The van der Waals surface area contributed by atoms with Crippen LogP contribution in [0.1, 0.15) is 37.7 Å². The third-order valence-electron chi connectivity index (χ3n) is 6.11. The van der Waals surface area contributed by atoms with Gasteiger partial charge in [-0.2, -0.15) is 0 Å². The summed E-state index contributed by atoms with van der Waals surface area (Å²) in [5.41, 5.74) is 1.29. The van der Waals surface area contributed by atoms with Crippen molar-refractivity contribution in [3.63, 3.8) is 0 Å². The van der Waals surface area contributed by atoms with Crippen molar-refractivity contribution < 1.29 is 17.9 Å². The standard InChI is InChI=1S/C20H29N3O4S/c1-21-19(23-16-6-11-28(24,25)13-16)22-14-20(7-2-3-8-20)15-4-5-17-18(12-15)27-10-9-26-17/h4-5,12,16H,2-3,6-11,13-14H2,1H3,(H2,21,22,23). The van der Waals surface area contributed by atoms with Gasteiger partial charge in [0.15, 0.2) is 27.3 Å². The number of nitrogens with one attached hydrogen (secondary N) is 2. The van der Waals surface area contributed by atoms with E-state index in [0.29, 0.717) is 25.6 Å². The molecule has 4 rings (SSSR count). The van der Waals surface area contributed by atoms with Crippen LogP contribution in [0.3, 0.4) is 0 Å². The quantitative estimate of drug-likeness (QED) is 0.582. The van der Waals surface area contributed by atoms with Crippen LogP contribution in [-0.2, 0) is 15.3 Å². The lowest BCUT2D eigenvalue weighted by Gasteiger charge is -2.32. The van der Waals surface area contributed by atoms with E-state index in [1.54, 1.807) is 7.05 Å². The number of fused-ring (bicyclic) bond motifs is 1. The first kappa shape index (κ1) is 19.4. The second kappa shape index (κ2) is 7.81. The second-order valence-electron chi connectivity index (χ2n) is 8.02. The van der Waals surface area contributed by atoms with Crippen molar-refractivity contribution in [1.29, 1.82) is 0 Å². The van der Waals surface area contributed by atoms with E-state index < -0.39 is 9.84 Å². The third kappa shape index (κ3) is 4.06. The molecule has 2 heterocycles. The molecule has 2 fully saturated rings. The van der Waals surface area contributed by atoms with Crippen LogP contribution in [0, 0.1) is 0 Å². The van der Waals surface area contributed by atoms with Gasteiger partial charge in [0.1, 0.15) is 13.2 Å². The van der Waals surface area contributed by atoms with Gasteiger partial charge in [-0.1, -0.05) is 18.9 Å². The van der Waals surface area contributed by atoms with E-state index in [2.05, 4.69) is 27.8 Å². The maximum absolute atomic E-state index is 11.7. The highest BCUT2D eigenvalue weighted by atomic mass is 32.2. The Morgan fingerprint density at radius 1 is 1.21 bits per heavy atom. The van der Waals surface area contributed by atoms with Crippen LogP contribution in [0.4, 0.5) is 0 Å². The normalized spacial score (nSPS) is 25.5. The van der Waals surface area contributed by atoms with E-state index in [1.807, 2.05) is 6.07 Å². The summed E-state index contributed by atoms with van der Waals surface area (Å²) in [6.45, 7) is 1.94. The summed E-state index contributed by atoms with van der Waals surface area (Å²) in [5.74, 6) is 2.75. The van der Waals surface area contributed by atoms with Gasteiger partial charge < -0.3 is 20.1 Å². The van der Waals surface area contributed by atoms with Crippen molar-refractivity contribution in [3.8, 4) is 11.5 Å². The van der Waals surface area contributed by atoms with Gasteiger partial charge in [-0.3, -0.25) is 4.99 Å². The average molecular weight is 408 g/mol. The number of sulfone groups is 1. The summed E-state index contributed by atoms with van der Waals surface area (Å²) in [7, 11) is -1.19. The van der Waals surface area contributed by atoms with Crippen LogP contribution < -0.4 is 20.1 Å². The van der Waals surface area contributed by atoms with Crippen LogP contribution in [-0.4, -0.2) is 58.7 Å². The minimum atomic E-state index is -2.91. The Kier molecular flexibility index (Phi) is 5.40. The predicted octanol–water partition coefficient (Wildman–Crippen LogP) is 1.62. The summed E-state index contributed by atoms with van der Waals surface area (Å²) in [5, 5.41) is 6.74. The van der Waals surface area contributed by atoms with Crippen molar-refractivity contribution in [2.45, 2.75) is 43.6 Å². The summed E-state index contributed by atoms with van der Waals surface area (Å²) in [6, 6.07) is 6.23. The molecule has 1 saturated heterocycles. The zero-order valence-electron chi connectivity index (χ0n) is 16.4. The molecule has 0 radical (unpaired) electrons. The van der Waals surface area contributed by atoms with Crippen LogP contribution in [0.2, 0.25) is 0 Å². The molecular weight excluding hydrogens is 378 g/mol. The van der Waals surface area contributed by atoms with Gasteiger partial charge in [-0.05, 0) is 37.0 Å². The SMILES string of the molecule is CN=C(NCC1(c2ccc3c(c2)OCCO3)CCCC1)NC1CCS(=O)(=O)C1. The molecule has 2 N–H and O–H groups in total. The Morgan fingerprint density at radius 2 is 1.96 bits per heavy atom. The van der Waals surface area contributed by atoms with Crippen molar-refractivity contribution in [3.05, 3.63) is 23.8 Å². The Bertz CT molecular complexity index is 847. The number of benzene rings is 1. The Hall–Kier alpha value is -1.96. The molecule has 28 heavy (non-hydrogen) atoms. The molecule has 1 aromatic carbocycles. The number of nitrogens with zero attached hydrogens (tertiary/aromatic N) is 1. The molecule has 1 unspecified atom stereocenters. The largest absolute Gasteiger partial charge is 0.486 e. The molecule has 3 aliphatic rings. The smallest absolute Gasteiger partial charge is 0.191 e. The molecule has 0 bridgehead atoms. The van der Waals surface area contributed by atoms with Crippen molar-refractivity contribution >= 4 is 15.8 Å². The van der Waals surface area contributed by atoms with Gasteiger partial charge in [-0.15, -0.1) is 0 Å². The van der Waals surface area contributed by atoms with Crippen molar-refractivity contribution in [2.75, 3.05) is 38.3 Å². The summed E-state index contributed by atoms with van der Waals surface area (Å²) in [6.07, 6.45) is 5.24. The van der Waals surface area contributed by atoms with Crippen LogP contribution in [0.25, 0.3) is 0 Å². The third-order valence-corrected chi connectivity index (χ3v) is 7.87. The highest BCUT2D eigenvalue weighted by molar-refractivity contribution is 7.91. The maximum atomic E-state index is 11.7. The first-order chi connectivity index (χ1) is 13.5. The first-order valence-electron chi connectivity index (χ1n) is 10.1. The topological polar surface area (TPSA) is 89.0 Å². The molecule has 0 aromatic heterocycles. The summed E-state index contributed by atoms with van der Waals surface area (Å²) < 4.78 is 34.9. The Morgan fingerprint density at radius 3 is 2.64 bits per heavy atom. The molecular formula is C20H29N3O4S. The van der Waals surface area contributed by atoms with Crippen molar-refractivity contribution in [1.82, 2.24) is 10.6 Å². The van der Waals surface area contributed by atoms with Gasteiger partial charge in [0.05, 0.1) is 11.5 Å². The maximum Gasteiger partial charge on any atom is 0.191 e. The summed E-state index contributed by atoms with van der Waals surface area (Å²) in [4.78, 5) is 4.31. The van der Waals surface area contributed by atoms with Crippen LogP contribution >= 0.6 is 0 Å². The fourth-order valence-corrected chi connectivity index (χ4v) is 6.22. The number of hydrogen-bond donors (Lipinski definition) is 2. The lowest BCUT2D eigenvalue weighted by molar-refractivity contribution is 0.171. The molecule has 7 nitrogen and oxygen atoms in total. The fourth-order valence-electron chi connectivity index (χ4n) is 4.54. The highest BCUT2D eigenvalue weighted by Gasteiger charge is 2.37. The molecule has 1 atom stereocenters. The molecule has 2 aliphatic heterocycles. The second-order valence-corrected chi connectivity index (χ2v) is 10.2. The zero-order chi connectivity index (χ0) is 19.6. The van der Waals surface area contributed by atoms with Gasteiger partial charge >= 0.3 is 0 Å². The molecule has 1 aliphatic carbocycles. The molecule has 8 heteroatoms. The number of rotatable bonds is 4. The lowest BCUT2D eigenvalue weighted by Crippen LogP contribution is -2.48. The predicted molar refractivity (Wildman–Crippen MR) is 109 cm³/mol. The number of hydrogen-bond acceptors (Lipinski definition) is 5. The Balaban J connectivity index is 1.46. The van der Waals surface area contributed by atoms with E-state index in [9.17, 15) is 8.42 Å². The number of guanidine groups is 1. The minimum absolute atomic E-state index is 0.0230. The summed E-state index contributed by atoms with van der Waals surface area (Å²) >= 11 is 0.